The maximum Gasteiger partial charge on any atom is 0.328 e. The molecule has 0 aromatic heterocycles. The second-order valence-corrected chi connectivity index (χ2v) is 6.74. The van der Waals surface area contributed by atoms with Crippen molar-refractivity contribution in [3.05, 3.63) is 24.3 Å². The lowest BCUT2D eigenvalue weighted by atomic mass is 10.1. The normalized spacial score (nSPS) is 32.3. The Kier molecular flexibility index (Phi) is 4.61. The fourth-order valence-electron chi connectivity index (χ4n) is 2.25. The highest BCUT2D eigenvalue weighted by molar-refractivity contribution is 7.53. The third kappa shape index (κ3) is 4.42. The molecule has 2 atom stereocenters. The summed E-state index contributed by atoms with van der Waals surface area (Å²) in [4.78, 5) is 0. The molecule has 0 radical (unpaired) electrons. The molecule has 3 nitrogen and oxygen atoms in total. The maximum absolute atomic E-state index is 12.2. The van der Waals surface area contributed by atoms with Gasteiger partial charge in [0.25, 0.3) is 0 Å². The molecule has 0 bridgehead atoms. The van der Waals surface area contributed by atoms with Crippen LogP contribution in [0.5, 0.6) is 0 Å². The molecule has 96 valence electrons. The first-order valence-corrected chi connectivity index (χ1v) is 8.42. The summed E-state index contributed by atoms with van der Waals surface area (Å²) < 4.78 is 23.4. The van der Waals surface area contributed by atoms with E-state index in [0.29, 0.717) is 0 Å². The van der Waals surface area contributed by atoms with Gasteiger partial charge in [-0.05, 0) is 38.5 Å². The van der Waals surface area contributed by atoms with Gasteiger partial charge in [0.15, 0.2) is 0 Å². The van der Waals surface area contributed by atoms with Gasteiger partial charge in [0.05, 0.1) is 12.2 Å². The van der Waals surface area contributed by atoms with Gasteiger partial charge in [-0.2, -0.15) is 0 Å². The lowest BCUT2D eigenvalue weighted by Crippen LogP contribution is -2.16. The van der Waals surface area contributed by atoms with Crippen molar-refractivity contribution in [3.63, 3.8) is 0 Å². The summed E-state index contributed by atoms with van der Waals surface area (Å²) in [6.45, 7) is 1.58. The fourth-order valence-corrected chi connectivity index (χ4v) is 3.64. The van der Waals surface area contributed by atoms with E-state index in [2.05, 4.69) is 12.2 Å². The van der Waals surface area contributed by atoms with Crippen LogP contribution in [0.4, 0.5) is 0 Å². The minimum absolute atomic E-state index is 0.0350. The molecule has 0 heterocycles. The SMILES string of the molecule is CP(=O)(OC1C=CCCC1)OC1C=CCCC1. The van der Waals surface area contributed by atoms with Gasteiger partial charge in [-0.1, -0.05) is 24.3 Å². The molecule has 0 amide bonds. The van der Waals surface area contributed by atoms with Crippen molar-refractivity contribution in [2.75, 3.05) is 6.66 Å². The zero-order valence-electron chi connectivity index (χ0n) is 10.4. The van der Waals surface area contributed by atoms with E-state index in [4.69, 9.17) is 9.05 Å². The average molecular weight is 256 g/mol. The molecule has 2 unspecified atom stereocenters. The molecule has 2 aliphatic rings. The topological polar surface area (TPSA) is 35.5 Å². The van der Waals surface area contributed by atoms with E-state index in [1.165, 1.54) is 0 Å². The Morgan fingerprint density at radius 3 is 1.82 bits per heavy atom. The zero-order chi connectivity index (χ0) is 12.1. The zero-order valence-corrected chi connectivity index (χ0v) is 11.3. The molecular weight excluding hydrogens is 235 g/mol. The highest BCUT2D eigenvalue weighted by Crippen LogP contribution is 2.48. The monoisotopic (exact) mass is 256 g/mol. The molecular formula is C13H21O3P. The quantitative estimate of drug-likeness (QED) is 0.562. The molecule has 2 aliphatic carbocycles. The molecule has 0 fully saturated rings. The first-order chi connectivity index (χ1) is 8.16. The number of hydrogen-bond acceptors (Lipinski definition) is 3. The van der Waals surface area contributed by atoms with Crippen molar-refractivity contribution < 1.29 is 13.6 Å². The average Bonchev–Trinajstić information content (AvgIpc) is 2.30. The molecule has 0 saturated carbocycles. The Balaban J connectivity index is 1.86. The minimum Gasteiger partial charge on any atom is -0.301 e. The molecule has 17 heavy (non-hydrogen) atoms. The van der Waals surface area contributed by atoms with Crippen LogP contribution in [0, 0.1) is 0 Å². The van der Waals surface area contributed by atoms with Crippen molar-refractivity contribution in [3.8, 4) is 0 Å². The van der Waals surface area contributed by atoms with Crippen LogP contribution in [0.15, 0.2) is 24.3 Å². The Morgan fingerprint density at radius 1 is 1.00 bits per heavy atom. The highest BCUT2D eigenvalue weighted by Gasteiger charge is 2.26. The van der Waals surface area contributed by atoms with Crippen molar-refractivity contribution in [2.45, 2.75) is 50.7 Å². The van der Waals surface area contributed by atoms with Crippen LogP contribution in [0.2, 0.25) is 0 Å². The van der Waals surface area contributed by atoms with Crippen molar-refractivity contribution >= 4 is 7.60 Å². The summed E-state index contributed by atoms with van der Waals surface area (Å²) in [5, 5.41) is 0. The standard InChI is InChI=1S/C13H21O3P/c1-17(14,15-12-8-4-2-5-9-12)16-13-10-6-3-7-11-13/h4,6,8,10,12-13H,2-3,5,7,9,11H2,1H3. The number of hydrogen-bond donors (Lipinski definition) is 0. The van der Waals surface area contributed by atoms with Gasteiger partial charge in [-0.25, -0.2) is 0 Å². The number of rotatable bonds is 4. The second kappa shape index (κ2) is 5.99. The molecule has 0 spiro atoms. The van der Waals surface area contributed by atoms with E-state index < -0.39 is 7.60 Å². The number of allylic oxidation sites excluding steroid dienone is 2. The van der Waals surface area contributed by atoms with Gasteiger partial charge in [0, 0.05) is 6.66 Å². The predicted molar refractivity (Wildman–Crippen MR) is 69.3 cm³/mol. The summed E-state index contributed by atoms with van der Waals surface area (Å²) in [5.74, 6) is 0. The Labute approximate surface area is 103 Å². The molecule has 0 aliphatic heterocycles. The first kappa shape index (κ1) is 13.1. The van der Waals surface area contributed by atoms with E-state index in [1.54, 1.807) is 6.66 Å². The largest absolute Gasteiger partial charge is 0.328 e. The van der Waals surface area contributed by atoms with Crippen molar-refractivity contribution in [1.29, 1.82) is 0 Å². The highest BCUT2D eigenvalue weighted by atomic mass is 31.2. The summed E-state index contributed by atoms with van der Waals surface area (Å²) in [7, 11) is -2.93. The van der Waals surface area contributed by atoms with Gasteiger partial charge in [0.2, 0.25) is 0 Å². The molecule has 0 saturated heterocycles. The summed E-state index contributed by atoms with van der Waals surface area (Å²) in [6, 6.07) is 0. The van der Waals surface area contributed by atoms with E-state index in [9.17, 15) is 4.57 Å². The summed E-state index contributed by atoms with van der Waals surface area (Å²) in [5.41, 5.74) is 0. The van der Waals surface area contributed by atoms with Crippen molar-refractivity contribution in [2.24, 2.45) is 0 Å². The molecule has 4 heteroatoms. The predicted octanol–water partition coefficient (Wildman–Crippen LogP) is 4.06. The smallest absolute Gasteiger partial charge is 0.301 e. The van der Waals surface area contributed by atoms with Crippen LogP contribution >= 0.6 is 7.60 Å². The lowest BCUT2D eigenvalue weighted by Gasteiger charge is -2.25. The van der Waals surface area contributed by atoms with Crippen LogP contribution in [-0.2, 0) is 13.6 Å². The summed E-state index contributed by atoms with van der Waals surface area (Å²) in [6.07, 6.45) is 14.4. The fraction of sp³-hybridized carbons (Fsp3) is 0.692. The molecule has 0 N–H and O–H groups in total. The van der Waals surface area contributed by atoms with E-state index in [-0.39, 0.29) is 12.2 Å². The van der Waals surface area contributed by atoms with Crippen LogP contribution in [0.1, 0.15) is 38.5 Å². The third-order valence-corrected chi connectivity index (χ3v) is 4.38. The molecule has 2 rings (SSSR count). The molecule has 0 aromatic rings. The maximum atomic E-state index is 12.2. The van der Waals surface area contributed by atoms with Gasteiger partial charge in [-0.15, -0.1) is 0 Å². The van der Waals surface area contributed by atoms with Gasteiger partial charge in [-0.3, -0.25) is 4.57 Å². The Hall–Kier alpha value is -0.370. The van der Waals surface area contributed by atoms with Crippen LogP contribution < -0.4 is 0 Å². The Morgan fingerprint density at radius 2 is 1.47 bits per heavy atom. The summed E-state index contributed by atoms with van der Waals surface area (Å²) >= 11 is 0. The van der Waals surface area contributed by atoms with Crippen LogP contribution in [0.3, 0.4) is 0 Å². The van der Waals surface area contributed by atoms with Gasteiger partial charge < -0.3 is 9.05 Å². The van der Waals surface area contributed by atoms with Crippen LogP contribution in [-0.4, -0.2) is 18.9 Å². The van der Waals surface area contributed by atoms with Crippen LogP contribution in [0.25, 0.3) is 0 Å². The van der Waals surface area contributed by atoms with Gasteiger partial charge in [0.1, 0.15) is 0 Å². The van der Waals surface area contributed by atoms with E-state index in [1.807, 2.05) is 12.2 Å². The van der Waals surface area contributed by atoms with E-state index >= 15 is 0 Å². The van der Waals surface area contributed by atoms with E-state index in [0.717, 1.165) is 38.5 Å². The third-order valence-electron chi connectivity index (χ3n) is 3.07. The molecule has 0 aromatic carbocycles. The first-order valence-electron chi connectivity index (χ1n) is 6.43. The van der Waals surface area contributed by atoms with Crippen molar-refractivity contribution in [1.82, 2.24) is 0 Å². The minimum atomic E-state index is -2.93. The Bertz CT molecular complexity index is 319. The second-order valence-electron chi connectivity index (χ2n) is 4.78. The lowest BCUT2D eigenvalue weighted by molar-refractivity contribution is 0.140. The van der Waals surface area contributed by atoms with Gasteiger partial charge >= 0.3 is 7.60 Å².